The third-order valence-corrected chi connectivity index (χ3v) is 3.03. The minimum atomic E-state index is -0.197. The number of rotatable bonds is 8. The highest BCUT2D eigenvalue weighted by molar-refractivity contribution is 5.19. The Labute approximate surface area is 109 Å². The van der Waals surface area contributed by atoms with Crippen molar-refractivity contribution < 1.29 is 9.13 Å². The fraction of sp³-hybridized carbons (Fsp3) is 0.467. The topological polar surface area (TPSA) is 21.3 Å². The van der Waals surface area contributed by atoms with Crippen molar-refractivity contribution in [2.24, 2.45) is 5.41 Å². The molecule has 1 unspecified atom stereocenters. The second kappa shape index (κ2) is 7.29. The molecule has 3 heteroatoms. The monoisotopic (exact) mass is 251 g/mol. The van der Waals surface area contributed by atoms with Gasteiger partial charge in [-0.15, -0.1) is 6.58 Å². The Morgan fingerprint density at radius 1 is 1.39 bits per heavy atom. The smallest absolute Gasteiger partial charge is 0.123 e. The number of nitrogens with one attached hydrogen (secondary N) is 1. The number of halogens is 1. The molecule has 0 bridgehead atoms. The van der Waals surface area contributed by atoms with E-state index in [1.54, 1.807) is 7.11 Å². The summed E-state index contributed by atoms with van der Waals surface area (Å²) in [6.07, 6.45) is 2.80. The standard InChI is InChI=1S/C15H22FNO/c1-4-15(2,12-17-9-10-18-3)11-13-5-7-14(16)8-6-13/h4-8,17H,1,9-12H2,2-3H3. The van der Waals surface area contributed by atoms with Crippen molar-refractivity contribution in [1.29, 1.82) is 0 Å². The first-order valence-corrected chi connectivity index (χ1v) is 6.17. The van der Waals surface area contributed by atoms with Crippen LogP contribution in [0.25, 0.3) is 0 Å². The van der Waals surface area contributed by atoms with Crippen molar-refractivity contribution >= 4 is 0 Å². The van der Waals surface area contributed by atoms with E-state index in [0.717, 1.165) is 25.1 Å². The maximum atomic E-state index is 12.8. The molecular formula is C15H22FNO. The third-order valence-electron chi connectivity index (χ3n) is 3.03. The molecule has 1 atom stereocenters. The minimum Gasteiger partial charge on any atom is -0.383 e. The molecule has 18 heavy (non-hydrogen) atoms. The highest BCUT2D eigenvalue weighted by Gasteiger charge is 2.20. The van der Waals surface area contributed by atoms with Gasteiger partial charge in [0.2, 0.25) is 0 Å². The zero-order valence-electron chi connectivity index (χ0n) is 11.2. The lowest BCUT2D eigenvalue weighted by Gasteiger charge is -2.26. The van der Waals surface area contributed by atoms with Gasteiger partial charge in [0.05, 0.1) is 6.61 Å². The first kappa shape index (κ1) is 14.9. The van der Waals surface area contributed by atoms with Gasteiger partial charge in [-0.3, -0.25) is 0 Å². The second-order valence-corrected chi connectivity index (χ2v) is 4.83. The van der Waals surface area contributed by atoms with E-state index in [-0.39, 0.29) is 11.2 Å². The number of methoxy groups -OCH3 is 1. The SMILES string of the molecule is C=CC(C)(CNCCOC)Cc1ccc(F)cc1. The molecule has 0 heterocycles. The quantitative estimate of drug-likeness (QED) is 0.566. The van der Waals surface area contributed by atoms with Crippen molar-refractivity contribution in [3.8, 4) is 0 Å². The molecule has 1 N–H and O–H groups in total. The van der Waals surface area contributed by atoms with Crippen LogP contribution >= 0.6 is 0 Å². The lowest BCUT2D eigenvalue weighted by molar-refractivity contribution is 0.196. The van der Waals surface area contributed by atoms with Gasteiger partial charge in [-0.25, -0.2) is 4.39 Å². The molecule has 1 rings (SSSR count). The van der Waals surface area contributed by atoms with Gasteiger partial charge in [0.1, 0.15) is 5.82 Å². The largest absolute Gasteiger partial charge is 0.383 e. The molecule has 0 saturated carbocycles. The van der Waals surface area contributed by atoms with Crippen LogP contribution in [0.1, 0.15) is 12.5 Å². The van der Waals surface area contributed by atoms with E-state index in [2.05, 4.69) is 18.8 Å². The van der Waals surface area contributed by atoms with Crippen LogP contribution in [0.3, 0.4) is 0 Å². The summed E-state index contributed by atoms with van der Waals surface area (Å²) in [6.45, 7) is 8.39. The minimum absolute atomic E-state index is 0.0361. The molecule has 0 radical (unpaired) electrons. The van der Waals surface area contributed by atoms with E-state index in [1.807, 2.05) is 18.2 Å². The molecule has 0 aliphatic rings. The summed E-state index contributed by atoms with van der Waals surface area (Å²) >= 11 is 0. The molecular weight excluding hydrogens is 229 g/mol. The van der Waals surface area contributed by atoms with Crippen molar-refractivity contribution in [2.45, 2.75) is 13.3 Å². The van der Waals surface area contributed by atoms with Gasteiger partial charge in [0.25, 0.3) is 0 Å². The van der Waals surface area contributed by atoms with Crippen molar-refractivity contribution in [3.05, 3.63) is 48.3 Å². The Morgan fingerprint density at radius 3 is 2.61 bits per heavy atom. The summed E-state index contributed by atoms with van der Waals surface area (Å²) in [6, 6.07) is 6.65. The van der Waals surface area contributed by atoms with Crippen LogP contribution < -0.4 is 5.32 Å². The average molecular weight is 251 g/mol. The fourth-order valence-electron chi connectivity index (χ4n) is 1.82. The Balaban J connectivity index is 2.53. The molecule has 100 valence electrons. The van der Waals surface area contributed by atoms with Crippen LogP contribution in [0.15, 0.2) is 36.9 Å². The van der Waals surface area contributed by atoms with Gasteiger partial charge in [-0.1, -0.05) is 25.1 Å². The van der Waals surface area contributed by atoms with E-state index in [0.29, 0.717) is 6.61 Å². The Hall–Kier alpha value is -1.19. The molecule has 0 aliphatic carbocycles. The van der Waals surface area contributed by atoms with Crippen LogP contribution in [-0.2, 0) is 11.2 Å². The first-order chi connectivity index (χ1) is 8.59. The van der Waals surface area contributed by atoms with Crippen LogP contribution in [0.4, 0.5) is 4.39 Å². The van der Waals surface area contributed by atoms with Gasteiger partial charge in [0, 0.05) is 25.6 Å². The van der Waals surface area contributed by atoms with E-state index in [4.69, 9.17) is 4.74 Å². The fourth-order valence-corrected chi connectivity index (χ4v) is 1.82. The maximum absolute atomic E-state index is 12.8. The van der Waals surface area contributed by atoms with Gasteiger partial charge in [-0.05, 0) is 24.1 Å². The molecule has 0 fully saturated rings. The van der Waals surface area contributed by atoms with Gasteiger partial charge >= 0.3 is 0 Å². The summed E-state index contributed by atoms with van der Waals surface area (Å²) in [5.41, 5.74) is 1.08. The summed E-state index contributed by atoms with van der Waals surface area (Å²) < 4.78 is 17.8. The van der Waals surface area contributed by atoms with Crippen molar-refractivity contribution in [2.75, 3.05) is 26.8 Å². The lowest BCUT2D eigenvalue weighted by Crippen LogP contribution is -2.33. The Morgan fingerprint density at radius 2 is 2.06 bits per heavy atom. The van der Waals surface area contributed by atoms with Crippen molar-refractivity contribution in [3.63, 3.8) is 0 Å². The first-order valence-electron chi connectivity index (χ1n) is 6.17. The predicted molar refractivity (Wildman–Crippen MR) is 73.2 cm³/mol. The number of hydrogen-bond acceptors (Lipinski definition) is 2. The second-order valence-electron chi connectivity index (χ2n) is 4.83. The molecule has 0 aliphatic heterocycles. The van der Waals surface area contributed by atoms with Crippen LogP contribution in [0.5, 0.6) is 0 Å². The highest BCUT2D eigenvalue weighted by atomic mass is 19.1. The average Bonchev–Trinajstić information content (AvgIpc) is 2.38. The van der Waals surface area contributed by atoms with E-state index in [1.165, 1.54) is 12.1 Å². The summed E-state index contributed by atoms with van der Waals surface area (Å²) in [4.78, 5) is 0. The zero-order valence-corrected chi connectivity index (χ0v) is 11.2. The molecule has 2 nitrogen and oxygen atoms in total. The van der Waals surface area contributed by atoms with Crippen LogP contribution in [-0.4, -0.2) is 26.8 Å². The van der Waals surface area contributed by atoms with Gasteiger partial charge in [0.15, 0.2) is 0 Å². The summed E-state index contributed by atoms with van der Waals surface area (Å²) in [5, 5.41) is 3.34. The number of hydrogen-bond donors (Lipinski definition) is 1. The molecule has 1 aromatic carbocycles. The molecule has 0 aromatic heterocycles. The normalized spacial score (nSPS) is 14.2. The molecule has 0 amide bonds. The number of ether oxygens (including phenoxy) is 1. The zero-order chi connectivity index (χ0) is 13.4. The Kier molecular flexibility index (Phi) is 6.02. The molecule has 0 saturated heterocycles. The van der Waals surface area contributed by atoms with Gasteiger partial charge < -0.3 is 10.1 Å². The lowest BCUT2D eigenvalue weighted by atomic mass is 9.83. The summed E-state index contributed by atoms with van der Waals surface area (Å²) in [5.74, 6) is -0.197. The molecule has 1 aromatic rings. The van der Waals surface area contributed by atoms with E-state index in [9.17, 15) is 4.39 Å². The maximum Gasteiger partial charge on any atom is 0.123 e. The third kappa shape index (κ3) is 4.98. The predicted octanol–water partition coefficient (Wildman–Crippen LogP) is 2.80. The Bertz CT molecular complexity index is 363. The van der Waals surface area contributed by atoms with Crippen LogP contribution in [0, 0.1) is 11.2 Å². The van der Waals surface area contributed by atoms with E-state index >= 15 is 0 Å². The van der Waals surface area contributed by atoms with Crippen molar-refractivity contribution in [1.82, 2.24) is 5.32 Å². The number of benzene rings is 1. The summed E-state index contributed by atoms with van der Waals surface area (Å²) in [7, 11) is 1.69. The molecule has 0 spiro atoms. The van der Waals surface area contributed by atoms with Gasteiger partial charge in [-0.2, -0.15) is 0 Å². The highest BCUT2D eigenvalue weighted by Crippen LogP contribution is 2.23. The van der Waals surface area contributed by atoms with Crippen LogP contribution in [0.2, 0.25) is 0 Å². The van der Waals surface area contributed by atoms with E-state index < -0.39 is 0 Å².